The van der Waals surface area contributed by atoms with Crippen LogP contribution in [-0.2, 0) is 0 Å². The molecule has 0 aliphatic carbocycles. The van der Waals surface area contributed by atoms with E-state index >= 15 is 0 Å². The second-order valence-electron chi connectivity index (χ2n) is 12.9. The maximum Gasteiger partial charge on any atom is 0.132 e. The van der Waals surface area contributed by atoms with Gasteiger partial charge in [-0.2, -0.15) is 0 Å². The van der Waals surface area contributed by atoms with Gasteiger partial charge in [0.05, 0.1) is 8.07 Å². The Balaban J connectivity index is 1.56. The van der Waals surface area contributed by atoms with Gasteiger partial charge in [-0.3, -0.25) is 0 Å². The third-order valence-electron chi connectivity index (χ3n) is 10.6. The molecule has 2 N–H and O–H groups in total. The molecule has 2 nitrogen and oxygen atoms in total. The fourth-order valence-corrected chi connectivity index (χ4v) is 14.1. The van der Waals surface area contributed by atoms with Crippen LogP contribution in [-0.4, -0.2) is 18.3 Å². The average Bonchev–Trinajstić information content (AvgIpc) is 3.17. The predicted octanol–water partition coefficient (Wildman–Crippen LogP) is 9.92. The van der Waals surface area contributed by atoms with Crippen molar-refractivity contribution in [2.24, 2.45) is 0 Å². The minimum absolute atomic E-state index is 0.273. The highest BCUT2D eigenvalue weighted by atomic mass is 31.1. The van der Waals surface area contributed by atoms with Crippen LogP contribution in [0.1, 0.15) is 38.0 Å². The molecule has 1 atom stereocenters. The Morgan fingerprint density at radius 3 is 1.65 bits per heavy atom. The normalized spacial score (nSPS) is 12.5. The number of hydrogen-bond donors (Lipinski definition) is 2. The van der Waals surface area contributed by atoms with E-state index in [1.807, 2.05) is 18.2 Å². The van der Waals surface area contributed by atoms with E-state index in [9.17, 15) is 10.2 Å². The molecule has 7 aromatic rings. The standard InChI is InChI=1S/C45H43O2PSi/c1-4-49(5-2,6-3)41-28-18-17-27-38(41)44(46)39-30-29-32-19-13-15-25-36(32)42(39)43-37-26-16-14-20-33(37)31-40(45(43)47)48(34-21-9-7-10-22-34)35-23-11-8-12-24-35/h7-31,44,46-47H,4-6H2,1-3H3. The van der Waals surface area contributed by atoms with Gasteiger partial charge >= 0.3 is 0 Å². The van der Waals surface area contributed by atoms with Crippen LogP contribution in [0, 0.1) is 0 Å². The van der Waals surface area contributed by atoms with Crippen molar-refractivity contribution in [2.75, 3.05) is 0 Å². The van der Waals surface area contributed by atoms with E-state index in [0.29, 0.717) is 0 Å². The summed E-state index contributed by atoms with van der Waals surface area (Å²) in [6, 6.07) is 56.2. The molecule has 0 aliphatic rings. The molecule has 0 aromatic heterocycles. The molecule has 0 fully saturated rings. The van der Waals surface area contributed by atoms with E-state index in [2.05, 4.69) is 154 Å². The molecule has 0 radical (unpaired) electrons. The van der Waals surface area contributed by atoms with Crippen molar-refractivity contribution in [3.05, 3.63) is 163 Å². The topological polar surface area (TPSA) is 40.5 Å². The number of rotatable bonds is 10. The van der Waals surface area contributed by atoms with Gasteiger partial charge in [-0.1, -0.05) is 190 Å². The Hall–Kier alpha value is -4.53. The smallest absolute Gasteiger partial charge is 0.132 e. The Morgan fingerprint density at radius 1 is 0.531 bits per heavy atom. The Kier molecular flexibility index (Phi) is 9.52. The number of hydrogen-bond acceptors (Lipinski definition) is 2. The largest absolute Gasteiger partial charge is 0.507 e. The third kappa shape index (κ3) is 5.91. The van der Waals surface area contributed by atoms with Gasteiger partial charge in [0, 0.05) is 10.9 Å². The fourth-order valence-electron chi connectivity index (χ4n) is 7.83. The number of aliphatic hydroxyl groups is 1. The van der Waals surface area contributed by atoms with Gasteiger partial charge in [0.2, 0.25) is 0 Å². The van der Waals surface area contributed by atoms with E-state index in [4.69, 9.17) is 0 Å². The summed E-state index contributed by atoms with van der Waals surface area (Å²) in [5, 5.41) is 34.2. The quantitative estimate of drug-likeness (QED) is 0.112. The first-order chi connectivity index (χ1) is 24.0. The number of aromatic hydroxyl groups is 1. The van der Waals surface area contributed by atoms with Crippen LogP contribution in [0.5, 0.6) is 5.75 Å². The molecule has 0 spiro atoms. The molecule has 0 heterocycles. The maximum absolute atomic E-state index is 12.8. The van der Waals surface area contributed by atoms with E-state index in [-0.39, 0.29) is 5.75 Å². The molecular formula is C45H43O2PSi. The van der Waals surface area contributed by atoms with Crippen molar-refractivity contribution in [3.8, 4) is 16.9 Å². The lowest BCUT2D eigenvalue weighted by atomic mass is 9.86. The van der Waals surface area contributed by atoms with Gasteiger partial charge in [0.1, 0.15) is 11.9 Å². The van der Waals surface area contributed by atoms with Crippen molar-refractivity contribution in [2.45, 2.75) is 45.0 Å². The summed E-state index contributed by atoms with van der Waals surface area (Å²) in [7, 11) is -2.94. The van der Waals surface area contributed by atoms with E-state index in [1.165, 1.54) is 15.8 Å². The summed E-state index contributed by atoms with van der Waals surface area (Å²) in [6.07, 6.45) is -0.862. The lowest BCUT2D eigenvalue weighted by Gasteiger charge is -2.33. The highest BCUT2D eigenvalue weighted by molar-refractivity contribution is 7.80. The minimum atomic E-state index is -1.84. The van der Waals surface area contributed by atoms with Crippen molar-refractivity contribution >= 4 is 58.6 Å². The SMILES string of the molecule is CC[Si](CC)(CC)c1ccccc1C(O)c1ccc2ccccc2c1-c1c(O)c(P(c2ccccc2)c2ccccc2)cc2ccccc12. The van der Waals surface area contributed by atoms with Crippen LogP contribution in [0.2, 0.25) is 18.1 Å². The van der Waals surface area contributed by atoms with Gasteiger partial charge in [0.25, 0.3) is 0 Å². The lowest BCUT2D eigenvalue weighted by molar-refractivity contribution is 0.222. The Labute approximate surface area is 292 Å². The second kappa shape index (κ2) is 14.1. The first-order valence-corrected chi connectivity index (χ1v) is 21.4. The third-order valence-corrected chi connectivity index (χ3v) is 18.7. The van der Waals surface area contributed by atoms with Crippen molar-refractivity contribution in [3.63, 3.8) is 0 Å². The second-order valence-corrected chi connectivity index (χ2v) is 20.3. The highest BCUT2D eigenvalue weighted by Crippen LogP contribution is 2.48. The summed E-state index contributed by atoms with van der Waals surface area (Å²) < 4.78 is 0. The number of phenolic OH excluding ortho intramolecular Hbond substituents is 1. The van der Waals surface area contributed by atoms with Crippen LogP contribution in [0.15, 0.2) is 152 Å². The molecule has 0 bridgehead atoms. The summed E-state index contributed by atoms with van der Waals surface area (Å²) in [6.45, 7) is 6.95. The molecule has 0 aliphatic heterocycles. The van der Waals surface area contributed by atoms with Crippen LogP contribution in [0.3, 0.4) is 0 Å². The zero-order chi connectivity index (χ0) is 34.0. The number of phenols is 1. The summed E-state index contributed by atoms with van der Waals surface area (Å²) in [5.41, 5.74) is 3.48. The molecule has 0 saturated carbocycles. The molecule has 0 amide bonds. The Morgan fingerprint density at radius 2 is 1.04 bits per heavy atom. The van der Waals surface area contributed by atoms with Crippen molar-refractivity contribution in [1.29, 1.82) is 0 Å². The van der Waals surface area contributed by atoms with Crippen LogP contribution < -0.4 is 21.1 Å². The molecule has 49 heavy (non-hydrogen) atoms. The summed E-state index contributed by atoms with van der Waals surface area (Å²) in [4.78, 5) is 0. The van der Waals surface area contributed by atoms with E-state index in [0.717, 1.165) is 67.2 Å². The first kappa shape index (κ1) is 33.0. The molecule has 7 aromatic carbocycles. The highest BCUT2D eigenvalue weighted by Gasteiger charge is 2.34. The van der Waals surface area contributed by atoms with Gasteiger partial charge in [-0.15, -0.1) is 0 Å². The predicted molar refractivity (Wildman–Crippen MR) is 215 cm³/mol. The molecular weight excluding hydrogens is 632 g/mol. The molecule has 244 valence electrons. The first-order valence-electron chi connectivity index (χ1n) is 17.5. The van der Waals surface area contributed by atoms with Crippen LogP contribution in [0.25, 0.3) is 32.7 Å². The van der Waals surface area contributed by atoms with Gasteiger partial charge in [-0.25, -0.2) is 0 Å². The zero-order valence-electron chi connectivity index (χ0n) is 28.5. The lowest BCUT2D eigenvalue weighted by Crippen LogP contribution is -2.48. The van der Waals surface area contributed by atoms with Gasteiger partial charge < -0.3 is 10.2 Å². The number of fused-ring (bicyclic) bond motifs is 2. The van der Waals surface area contributed by atoms with Crippen molar-refractivity contribution in [1.82, 2.24) is 0 Å². The zero-order valence-corrected chi connectivity index (χ0v) is 30.4. The molecule has 0 saturated heterocycles. The number of aliphatic hydroxyl groups excluding tert-OH is 1. The van der Waals surface area contributed by atoms with Crippen LogP contribution >= 0.6 is 7.92 Å². The van der Waals surface area contributed by atoms with Crippen molar-refractivity contribution < 1.29 is 10.2 Å². The maximum atomic E-state index is 12.8. The summed E-state index contributed by atoms with van der Waals surface area (Å²) >= 11 is 0. The minimum Gasteiger partial charge on any atom is -0.507 e. The fraction of sp³-hybridized carbons (Fsp3) is 0.156. The van der Waals surface area contributed by atoms with E-state index < -0.39 is 22.1 Å². The van der Waals surface area contributed by atoms with Gasteiger partial charge in [0.15, 0.2) is 0 Å². The van der Waals surface area contributed by atoms with Gasteiger partial charge in [-0.05, 0) is 62.8 Å². The van der Waals surface area contributed by atoms with Crippen LogP contribution in [0.4, 0.5) is 0 Å². The Bertz CT molecular complexity index is 2180. The molecule has 7 rings (SSSR count). The molecule has 4 heteroatoms. The van der Waals surface area contributed by atoms with E-state index in [1.54, 1.807) is 0 Å². The average molecular weight is 675 g/mol. The number of benzene rings is 7. The summed E-state index contributed by atoms with van der Waals surface area (Å²) in [5.74, 6) is 0.273. The molecule has 1 unspecified atom stereocenters. The monoisotopic (exact) mass is 674 g/mol.